The van der Waals surface area contributed by atoms with Crippen LogP contribution in [0.3, 0.4) is 0 Å². The van der Waals surface area contributed by atoms with Gasteiger partial charge in [0.05, 0.1) is 0 Å². The predicted molar refractivity (Wildman–Crippen MR) is 136 cm³/mol. The lowest BCUT2D eigenvalue weighted by molar-refractivity contribution is 0.172. The monoisotopic (exact) mass is 446 g/mol. The average molecular weight is 447 g/mol. The Morgan fingerprint density at radius 3 is 1.94 bits per heavy atom. The Hall–Kier alpha value is -2.13. The largest absolute Gasteiger partial charge is 0.330 e. The summed E-state index contributed by atoms with van der Waals surface area (Å²) in [5.41, 5.74) is 9.98. The van der Waals surface area contributed by atoms with E-state index < -0.39 is 0 Å². The van der Waals surface area contributed by atoms with E-state index in [1.165, 1.54) is 42.4 Å². The van der Waals surface area contributed by atoms with E-state index in [2.05, 4.69) is 83.8 Å². The minimum atomic E-state index is 0.344. The fourth-order valence-corrected chi connectivity index (χ4v) is 5.36. The molecule has 0 unspecified atom stereocenters. The highest BCUT2D eigenvalue weighted by Gasteiger charge is 2.25. The van der Waals surface area contributed by atoms with Gasteiger partial charge in [0.1, 0.15) is 0 Å². The Kier molecular flexibility index (Phi) is 8.39. The van der Waals surface area contributed by atoms with Crippen LogP contribution in [0.15, 0.2) is 84.9 Å². The van der Waals surface area contributed by atoms with Gasteiger partial charge in [-0.25, -0.2) is 0 Å². The maximum Gasteiger partial charge on any atom is 0.0409 e. The normalized spacial score (nSPS) is 18.9. The number of nitrogens with zero attached hydrogens (tertiary/aromatic N) is 1. The molecule has 3 heteroatoms. The first-order chi connectivity index (χ1) is 15.7. The molecule has 0 bridgehead atoms. The third-order valence-corrected chi connectivity index (χ3v) is 7.19. The van der Waals surface area contributed by atoms with Gasteiger partial charge < -0.3 is 5.73 Å². The first-order valence-corrected chi connectivity index (χ1v) is 12.4. The number of hydrogen-bond acceptors (Lipinski definition) is 2. The zero-order chi connectivity index (χ0) is 22.2. The van der Waals surface area contributed by atoms with E-state index in [9.17, 15) is 0 Å². The second-order valence-corrected chi connectivity index (χ2v) is 9.76. The van der Waals surface area contributed by atoms with Gasteiger partial charge in [-0.3, -0.25) is 4.90 Å². The lowest BCUT2D eigenvalue weighted by Crippen LogP contribution is -2.35. The van der Waals surface area contributed by atoms with Gasteiger partial charge in [0, 0.05) is 30.6 Å². The minimum Gasteiger partial charge on any atom is -0.330 e. The third-order valence-electron chi connectivity index (χ3n) is 6.96. The van der Waals surface area contributed by atoms with Crippen LogP contribution in [0.2, 0.25) is 5.02 Å². The second-order valence-electron chi connectivity index (χ2n) is 9.32. The molecule has 0 atom stereocenters. The molecule has 168 valence electrons. The summed E-state index contributed by atoms with van der Waals surface area (Å²) < 4.78 is 0. The van der Waals surface area contributed by atoms with Crippen molar-refractivity contribution >= 4 is 11.6 Å². The molecule has 0 radical (unpaired) electrons. The standard InChI is InChI=1S/C29H35ClN2/c30-28-13-7-8-25(18-28)21-32(20-24-16-14-23(19-31)15-17-24)22-29(26-9-3-1-4-10-26)27-11-5-2-6-12-27/h1-13,18,23-24,29H,14-17,19-22,31H2. The van der Waals surface area contributed by atoms with Crippen molar-refractivity contribution in [2.24, 2.45) is 17.6 Å². The van der Waals surface area contributed by atoms with Gasteiger partial charge in [0.2, 0.25) is 0 Å². The van der Waals surface area contributed by atoms with Crippen molar-refractivity contribution < 1.29 is 0 Å². The van der Waals surface area contributed by atoms with Gasteiger partial charge in [0.15, 0.2) is 0 Å². The zero-order valence-corrected chi connectivity index (χ0v) is 19.6. The van der Waals surface area contributed by atoms with Gasteiger partial charge in [-0.2, -0.15) is 0 Å². The lowest BCUT2D eigenvalue weighted by atomic mass is 9.81. The molecular weight excluding hydrogens is 412 g/mol. The highest BCUT2D eigenvalue weighted by Crippen LogP contribution is 2.31. The molecule has 2 N–H and O–H groups in total. The maximum absolute atomic E-state index is 6.32. The van der Waals surface area contributed by atoms with Crippen molar-refractivity contribution in [2.75, 3.05) is 19.6 Å². The van der Waals surface area contributed by atoms with E-state index in [0.717, 1.165) is 37.1 Å². The van der Waals surface area contributed by atoms with Crippen LogP contribution in [0.25, 0.3) is 0 Å². The molecule has 3 aromatic rings. The molecule has 0 aliphatic heterocycles. The van der Waals surface area contributed by atoms with Crippen LogP contribution in [0.4, 0.5) is 0 Å². The van der Waals surface area contributed by atoms with Crippen LogP contribution < -0.4 is 5.73 Å². The van der Waals surface area contributed by atoms with E-state index in [4.69, 9.17) is 17.3 Å². The number of rotatable bonds is 9. The van der Waals surface area contributed by atoms with Crippen LogP contribution >= 0.6 is 11.6 Å². The smallest absolute Gasteiger partial charge is 0.0409 e. The molecule has 4 rings (SSSR count). The first kappa shape index (κ1) is 23.0. The number of benzene rings is 3. The molecule has 0 amide bonds. The van der Waals surface area contributed by atoms with Crippen LogP contribution in [-0.2, 0) is 6.54 Å². The van der Waals surface area contributed by atoms with Crippen molar-refractivity contribution in [1.29, 1.82) is 0 Å². The maximum atomic E-state index is 6.32. The fourth-order valence-electron chi connectivity index (χ4n) is 5.14. The van der Waals surface area contributed by atoms with E-state index in [-0.39, 0.29) is 0 Å². The highest BCUT2D eigenvalue weighted by molar-refractivity contribution is 6.30. The summed E-state index contributed by atoms with van der Waals surface area (Å²) in [5.74, 6) is 1.80. The van der Waals surface area contributed by atoms with Gasteiger partial charge in [-0.1, -0.05) is 84.4 Å². The van der Waals surface area contributed by atoms with Crippen LogP contribution in [0.1, 0.15) is 48.3 Å². The third kappa shape index (κ3) is 6.45. The molecular formula is C29H35ClN2. The minimum absolute atomic E-state index is 0.344. The molecule has 32 heavy (non-hydrogen) atoms. The summed E-state index contributed by atoms with van der Waals surface area (Å²) >= 11 is 6.32. The molecule has 0 heterocycles. The average Bonchev–Trinajstić information content (AvgIpc) is 2.84. The lowest BCUT2D eigenvalue weighted by Gasteiger charge is -2.34. The van der Waals surface area contributed by atoms with Crippen LogP contribution in [-0.4, -0.2) is 24.5 Å². The van der Waals surface area contributed by atoms with Crippen molar-refractivity contribution in [2.45, 2.75) is 38.1 Å². The van der Waals surface area contributed by atoms with Gasteiger partial charge in [0.25, 0.3) is 0 Å². The molecule has 0 spiro atoms. The molecule has 1 aliphatic carbocycles. The predicted octanol–water partition coefficient (Wildman–Crippen LogP) is 6.74. The van der Waals surface area contributed by atoms with Gasteiger partial charge >= 0.3 is 0 Å². The van der Waals surface area contributed by atoms with Crippen molar-refractivity contribution in [1.82, 2.24) is 4.90 Å². The van der Waals surface area contributed by atoms with Gasteiger partial charge in [-0.15, -0.1) is 0 Å². The summed E-state index contributed by atoms with van der Waals surface area (Å²) in [6, 6.07) is 30.2. The molecule has 1 fully saturated rings. The highest BCUT2D eigenvalue weighted by atomic mass is 35.5. The Bertz CT molecular complexity index is 896. The molecule has 2 nitrogen and oxygen atoms in total. The summed E-state index contributed by atoms with van der Waals surface area (Å²) in [6.07, 6.45) is 5.12. The topological polar surface area (TPSA) is 29.3 Å². The summed E-state index contributed by atoms with van der Waals surface area (Å²) in [7, 11) is 0. The van der Waals surface area contributed by atoms with Gasteiger partial charge in [-0.05, 0) is 72.9 Å². The van der Waals surface area contributed by atoms with Crippen LogP contribution in [0, 0.1) is 11.8 Å². The van der Waals surface area contributed by atoms with E-state index in [1.54, 1.807) is 0 Å². The second kappa shape index (κ2) is 11.7. The summed E-state index contributed by atoms with van der Waals surface area (Å²) in [5, 5.41) is 0.813. The Labute approximate surface area is 198 Å². The van der Waals surface area contributed by atoms with Crippen molar-refractivity contribution in [3.8, 4) is 0 Å². The SMILES string of the molecule is NCC1CCC(CN(Cc2cccc(Cl)c2)CC(c2ccccc2)c2ccccc2)CC1. The summed E-state index contributed by atoms with van der Waals surface area (Å²) in [4.78, 5) is 2.66. The summed E-state index contributed by atoms with van der Waals surface area (Å²) in [6.45, 7) is 3.88. The van der Waals surface area contributed by atoms with E-state index in [1.807, 2.05) is 6.07 Å². The van der Waals surface area contributed by atoms with Crippen molar-refractivity contribution in [3.63, 3.8) is 0 Å². The fraction of sp³-hybridized carbons (Fsp3) is 0.379. The molecule has 0 aromatic heterocycles. The Balaban J connectivity index is 1.57. The number of halogens is 1. The van der Waals surface area contributed by atoms with E-state index in [0.29, 0.717) is 11.8 Å². The van der Waals surface area contributed by atoms with Crippen LogP contribution in [0.5, 0.6) is 0 Å². The molecule has 0 saturated heterocycles. The van der Waals surface area contributed by atoms with Crippen molar-refractivity contribution in [3.05, 3.63) is 107 Å². The Morgan fingerprint density at radius 1 is 0.781 bits per heavy atom. The Morgan fingerprint density at radius 2 is 1.38 bits per heavy atom. The van der Waals surface area contributed by atoms with E-state index >= 15 is 0 Å². The first-order valence-electron chi connectivity index (χ1n) is 12.0. The quantitative estimate of drug-likeness (QED) is 0.394. The number of nitrogens with two attached hydrogens (primary N) is 1. The molecule has 1 saturated carbocycles. The molecule has 3 aromatic carbocycles. The molecule has 1 aliphatic rings. The zero-order valence-electron chi connectivity index (χ0n) is 18.9. The number of hydrogen-bond donors (Lipinski definition) is 1.